The summed E-state index contributed by atoms with van der Waals surface area (Å²) in [5.41, 5.74) is 1.04. The number of amides is 2. The molecule has 0 aliphatic carbocycles. The van der Waals surface area contributed by atoms with Crippen LogP contribution in [-0.4, -0.2) is 42.9 Å². The molecule has 1 aromatic carbocycles. The number of nitrogens with zero attached hydrogens (tertiary/aromatic N) is 1. The van der Waals surface area contributed by atoms with E-state index in [1.807, 2.05) is 13.8 Å². The van der Waals surface area contributed by atoms with Crippen molar-refractivity contribution in [1.29, 1.82) is 0 Å². The summed E-state index contributed by atoms with van der Waals surface area (Å²) in [6, 6.07) is 5.03. The van der Waals surface area contributed by atoms with Crippen LogP contribution < -0.4 is 10.6 Å². The summed E-state index contributed by atoms with van der Waals surface area (Å²) in [6.07, 6.45) is 0.448. The molecule has 22 heavy (non-hydrogen) atoms. The number of hydrogen-bond donors (Lipinski definition) is 2. The molecular formula is C16H22ClN3O2. The first-order valence-electron chi connectivity index (χ1n) is 7.56. The third-order valence-electron chi connectivity index (χ3n) is 3.48. The average Bonchev–Trinajstić information content (AvgIpc) is 2.48. The Hall–Kier alpha value is -1.59. The molecule has 6 heteroatoms. The van der Waals surface area contributed by atoms with Gasteiger partial charge in [0.2, 0.25) is 5.91 Å². The van der Waals surface area contributed by atoms with Crippen LogP contribution in [0.1, 0.15) is 30.6 Å². The van der Waals surface area contributed by atoms with Crippen LogP contribution in [0.4, 0.5) is 5.69 Å². The topological polar surface area (TPSA) is 61.4 Å². The van der Waals surface area contributed by atoms with Gasteiger partial charge in [0.05, 0.1) is 10.6 Å². The molecule has 1 saturated heterocycles. The molecule has 5 nitrogen and oxygen atoms in total. The molecule has 1 heterocycles. The number of piperazine rings is 1. The lowest BCUT2D eigenvalue weighted by molar-refractivity contribution is -0.116. The lowest BCUT2D eigenvalue weighted by atomic mass is 10.1. The van der Waals surface area contributed by atoms with Crippen LogP contribution >= 0.6 is 11.6 Å². The van der Waals surface area contributed by atoms with Gasteiger partial charge in [0.25, 0.3) is 5.91 Å². The second kappa shape index (κ2) is 7.61. The number of carbonyl (C=O) groups excluding carboxylic acids is 2. The van der Waals surface area contributed by atoms with Crippen LogP contribution in [0.15, 0.2) is 18.2 Å². The molecule has 0 atom stereocenters. The maximum Gasteiger partial charge on any atom is 0.255 e. The highest BCUT2D eigenvalue weighted by atomic mass is 35.5. The Kier molecular flexibility index (Phi) is 5.80. The summed E-state index contributed by atoms with van der Waals surface area (Å²) < 4.78 is 0. The summed E-state index contributed by atoms with van der Waals surface area (Å²) in [6.45, 7) is 6.88. The number of nitrogens with one attached hydrogen (secondary N) is 2. The fourth-order valence-electron chi connectivity index (χ4n) is 2.39. The van der Waals surface area contributed by atoms with Crippen LogP contribution in [0.3, 0.4) is 0 Å². The largest absolute Gasteiger partial charge is 0.336 e. The van der Waals surface area contributed by atoms with Gasteiger partial charge in [0.15, 0.2) is 0 Å². The minimum Gasteiger partial charge on any atom is -0.336 e. The molecule has 0 aromatic heterocycles. The second-order valence-corrected chi connectivity index (χ2v) is 6.29. The lowest BCUT2D eigenvalue weighted by Gasteiger charge is -2.27. The molecule has 1 aliphatic heterocycles. The Morgan fingerprint density at radius 2 is 2.00 bits per heavy atom. The summed E-state index contributed by atoms with van der Waals surface area (Å²) in [5.74, 6) is 0.138. The van der Waals surface area contributed by atoms with E-state index in [1.54, 1.807) is 23.1 Å². The molecule has 120 valence electrons. The third-order valence-corrected chi connectivity index (χ3v) is 3.81. The first-order chi connectivity index (χ1) is 10.5. The van der Waals surface area contributed by atoms with Crippen molar-refractivity contribution in [1.82, 2.24) is 10.2 Å². The normalized spacial score (nSPS) is 15.0. The summed E-state index contributed by atoms with van der Waals surface area (Å²) in [5, 5.41) is 6.43. The quantitative estimate of drug-likeness (QED) is 0.894. The van der Waals surface area contributed by atoms with Gasteiger partial charge in [-0.15, -0.1) is 0 Å². The zero-order valence-corrected chi connectivity index (χ0v) is 13.7. The lowest BCUT2D eigenvalue weighted by Crippen LogP contribution is -2.46. The van der Waals surface area contributed by atoms with E-state index in [0.717, 1.165) is 13.1 Å². The highest BCUT2D eigenvalue weighted by Crippen LogP contribution is 2.23. The van der Waals surface area contributed by atoms with Crippen LogP contribution in [-0.2, 0) is 4.79 Å². The number of anilines is 1. The first kappa shape index (κ1) is 16.8. The minimum atomic E-state index is -0.0912. The Labute approximate surface area is 136 Å². The Bertz CT molecular complexity index is 554. The van der Waals surface area contributed by atoms with Gasteiger partial charge in [-0.1, -0.05) is 25.4 Å². The highest BCUT2D eigenvalue weighted by Gasteiger charge is 2.20. The highest BCUT2D eigenvalue weighted by molar-refractivity contribution is 6.34. The molecule has 0 unspecified atom stereocenters. The van der Waals surface area contributed by atoms with E-state index in [2.05, 4.69) is 10.6 Å². The molecule has 1 aliphatic rings. The zero-order chi connectivity index (χ0) is 16.1. The van der Waals surface area contributed by atoms with Gasteiger partial charge in [0, 0.05) is 38.3 Å². The van der Waals surface area contributed by atoms with Gasteiger partial charge < -0.3 is 15.5 Å². The van der Waals surface area contributed by atoms with Gasteiger partial charge >= 0.3 is 0 Å². The Morgan fingerprint density at radius 1 is 1.32 bits per heavy atom. The number of carbonyl (C=O) groups is 2. The van der Waals surface area contributed by atoms with Gasteiger partial charge in [-0.3, -0.25) is 9.59 Å². The molecule has 0 saturated carbocycles. The predicted molar refractivity (Wildman–Crippen MR) is 88.3 cm³/mol. The van der Waals surface area contributed by atoms with Crippen LogP contribution in [0.2, 0.25) is 5.02 Å². The van der Waals surface area contributed by atoms with Crippen molar-refractivity contribution in [3.8, 4) is 0 Å². The van der Waals surface area contributed by atoms with Crippen molar-refractivity contribution in [3.05, 3.63) is 28.8 Å². The fourth-order valence-corrected chi connectivity index (χ4v) is 2.59. The molecule has 0 spiro atoms. The van der Waals surface area contributed by atoms with E-state index in [4.69, 9.17) is 11.6 Å². The zero-order valence-electron chi connectivity index (χ0n) is 13.0. The predicted octanol–water partition coefficient (Wildman–Crippen LogP) is 2.37. The molecule has 2 N–H and O–H groups in total. The maximum atomic E-state index is 12.5. The van der Waals surface area contributed by atoms with Crippen LogP contribution in [0, 0.1) is 5.92 Å². The van der Waals surface area contributed by atoms with Crippen molar-refractivity contribution >= 4 is 29.1 Å². The van der Waals surface area contributed by atoms with Gasteiger partial charge in [-0.05, 0) is 24.1 Å². The van der Waals surface area contributed by atoms with E-state index in [1.165, 1.54) is 0 Å². The van der Waals surface area contributed by atoms with E-state index in [-0.39, 0.29) is 17.7 Å². The van der Waals surface area contributed by atoms with E-state index >= 15 is 0 Å². The molecule has 1 aromatic rings. The maximum absolute atomic E-state index is 12.5. The van der Waals surface area contributed by atoms with E-state index < -0.39 is 0 Å². The van der Waals surface area contributed by atoms with Crippen LogP contribution in [0.5, 0.6) is 0 Å². The van der Waals surface area contributed by atoms with E-state index in [9.17, 15) is 9.59 Å². The Balaban J connectivity index is 2.12. The average molecular weight is 324 g/mol. The summed E-state index contributed by atoms with van der Waals surface area (Å²) >= 11 is 6.16. The van der Waals surface area contributed by atoms with Gasteiger partial charge in [-0.25, -0.2) is 0 Å². The molecule has 2 amide bonds. The number of hydrogen-bond acceptors (Lipinski definition) is 3. The Morgan fingerprint density at radius 3 is 2.64 bits per heavy atom. The summed E-state index contributed by atoms with van der Waals surface area (Å²) in [7, 11) is 0. The van der Waals surface area contributed by atoms with Gasteiger partial charge in [0.1, 0.15) is 0 Å². The van der Waals surface area contributed by atoms with Crippen LogP contribution in [0.25, 0.3) is 0 Å². The molecule has 1 fully saturated rings. The van der Waals surface area contributed by atoms with Crippen molar-refractivity contribution in [3.63, 3.8) is 0 Å². The number of rotatable bonds is 4. The molecular weight excluding hydrogens is 302 g/mol. The molecule has 2 rings (SSSR count). The minimum absolute atomic E-state index is 0.0575. The second-order valence-electron chi connectivity index (χ2n) is 5.88. The number of halogens is 1. The van der Waals surface area contributed by atoms with Crippen molar-refractivity contribution in [2.45, 2.75) is 20.3 Å². The first-order valence-corrected chi connectivity index (χ1v) is 7.94. The van der Waals surface area contributed by atoms with E-state index in [0.29, 0.717) is 35.8 Å². The monoisotopic (exact) mass is 323 g/mol. The standard InChI is InChI=1S/C16H22ClN3O2/c1-11(2)9-15(21)19-12-3-4-14(17)13(10-12)16(22)20-7-5-18-6-8-20/h3-4,10-11,18H,5-9H2,1-2H3,(H,19,21). The smallest absolute Gasteiger partial charge is 0.255 e. The van der Waals surface area contributed by atoms with Crippen molar-refractivity contribution in [2.75, 3.05) is 31.5 Å². The van der Waals surface area contributed by atoms with Crippen molar-refractivity contribution < 1.29 is 9.59 Å². The summed E-state index contributed by atoms with van der Waals surface area (Å²) in [4.78, 5) is 26.2. The fraction of sp³-hybridized carbons (Fsp3) is 0.500. The number of benzene rings is 1. The molecule has 0 radical (unpaired) electrons. The van der Waals surface area contributed by atoms with Gasteiger partial charge in [-0.2, -0.15) is 0 Å². The SMILES string of the molecule is CC(C)CC(=O)Nc1ccc(Cl)c(C(=O)N2CCNCC2)c1. The third kappa shape index (κ3) is 4.45. The molecule has 0 bridgehead atoms. The van der Waals surface area contributed by atoms with Crippen molar-refractivity contribution in [2.24, 2.45) is 5.92 Å².